The van der Waals surface area contributed by atoms with Crippen LogP contribution in [0.5, 0.6) is 0 Å². The van der Waals surface area contributed by atoms with Crippen molar-refractivity contribution >= 4 is 15.7 Å². The van der Waals surface area contributed by atoms with Gasteiger partial charge in [-0.2, -0.15) is 0 Å². The first-order valence-electron chi connectivity index (χ1n) is 8.62. The average Bonchev–Trinajstić information content (AvgIpc) is 2.62. The van der Waals surface area contributed by atoms with Crippen molar-refractivity contribution in [2.75, 3.05) is 4.72 Å². The quantitative estimate of drug-likeness (QED) is 0.668. The highest BCUT2D eigenvalue weighted by molar-refractivity contribution is 7.92. The van der Waals surface area contributed by atoms with E-state index in [0.717, 1.165) is 16.7 Å². The number of benzene rings is 3. The van der Waals surface area contributed by atoms with Gasteiger partial charge in [0, 0.05) is 11.1 Å². The van der Waals surface area contributed by atoms with Crippen molar-refractivity contribution in [2.45, 2.75) is 25.7 Å². The molecule has 136 valence electrons. The lowest BCUT2D eigenvalue weighted by Gasteiger charge is -2.11. The Balaban J connectivity index is 1.95. The third-order valence-electron chi connectivity index (χ3n) is 4.14. The Morgan fingerprint density at radius 2 is 1.26 bits per heavy atom. The lowest BCUT2D eigenvalue weighted by Crippen LogP contribution is -2.14. The van der Waals surface area contributed by atoms with E-state index in [-0.39, 0.29) is 4.90 Å². The summed E-state index contributed by atoms with van der Waals surface area (Å²) in [6.07, 6.45) is 0. The molecule has 0 aliphatic heterocycles. The molecule has 1 N–H and O–H groups in total. The minimum atomic E-state index is -3.68. The molecule has 0 fully saturated rings. The molecule has 4 heteroatoms. The van der Waals surface area contributed by atoms with E-state index in [4.69, 9.17) is 0 Å². The number of nitrogens with one attached hydrogen (secondary N) is 1. The fourth-order valence-electron chi connectivity index (χ4n) is 2.55. The summed E-state index contributed by atoms with van der Waals surface area (Å²) in [5, 5.41) is 0. The molecule has 3 aromatic carbocycles. The zero-order valence-electron chi connectivity index (χ0n) is 15.6. The van der Waals surface area contributed by atoms with Gasteiger partial charge in [-0.3, -0.25) is 4.72 Å². The van der Waals surface area contributed by atoms with Crippen LogP contribution in [0.25, 0.3) is 0 Å². The predicted octanol–water partition coefficient (Wildman–Crippen LogP) is 4.81. The Bertz CT molecular complexity index is 1120. The fraction of sp³-hybridized carbons (Fsp3) is 0.130. The number of hydrogen-bond donors (Lipinski definition) is 1. The molecule has 3 rings (SSSR count). The highest BCUT2D eigenvalue weighted by atomic mass is 32.2. The van der Waals surface area contributed by atoms with Crippen LogP contribution in [0, 0.1) is 32.6 Å². The van der Waals surface area contributed by atoms with Gasteiger partial charge in [0.1, 0.15) is 0 Å². The molecule has 0 aromatic heterocycles. The summed E-state index contributed by atoms with van der Waals surface area (Å²) in [7, 11) is -3.68. The van der Waals surface area contributed by atoms with Crippen molar-refractivity contribution in [2.24, 2.45) is 0 Å². The molecule has 0 aliphatic carbocycles. The monoisotopic (exact) mass is 375 g/mol. The third kappa shape index (κ3) is 4.78. The summed E-state index contributed by atoms with van der Waals surface area (Å²) < 4.78 is 28.1. The van der Waals surface area contributed by atoms with Gasteiger partial charge in [0.25, 0.3) is 10.0 Å². The van der Waals surface area contributed by atoms with Crippen LogP contribution in [0.3, 0.4) is 0 Å². The van der Waals surface area contributed by atoms with Crippen molar-refractivity contribution in [1.29, 1.82) is 0 Å². The van der Waals surface area contributed by atoms with E-state index in [1.54, 1.807) is 30.3 Å². The Morgan fingerprint density at radius 3 is 1.89 bits per heavy atom. The molecule has 0 atom stereocenters. The van der Waals surface area contributed by atoms with Gasteiger partial charge in [0.15, 0.2) is 0 Å². The number of aryl methyl sites for hydroxylation is 3. The summed E-state index contributed by atoms with van der Waals surface area (Å²) in [6.45, 7) is 5.86. The number of anilines is 1. The Hall–Kier alpha value is -3.03. The molecule has 0 radical (unpaired) electrons. The topological polar surface area (TPSA) is 46.2 Å². The van der Waals surface area contributed by atoms with Crippen LogP contribution >= 0.6 is 0 Å². The van der Waals surface area contributed by atoms with Crippen molar-refractivity contribution in [3.63, 3.8) is 0 Å². The largest absolute Gasteiger partial charge is 0.278 e. The summed E-state index contributed by atoms with van der Waals surface area (Å²) in [4.78, 5) is 0.229. The maximum Gasteiger partial charge on any atom is 0.261 e. The Morgan fingerprint density at radius 1 is 0.704 bits per heavy atom. The molecule has 0 saturated carbocycles. The van der Waals surface area contributed by atoms with Crippen LogP contribution in [-0.4, -0.2) is 8.42 Å². The normalized spacial score (nSPS) is 10.8. The first-order chi connectivity index (χ1) is 12.8. The molecule has 3 aromatic rings. The zero-order chi connectivity index (χ0) is 19.4. The van der Waals surface area contributed by atoms with Gasteiger partial charge in [-0.25, -0.2) is 8.42 Å². The molecular formula is C23H21NO2S. The maximum absolute atomic E-state index is 12.7. The maximum atomic E-state index is 12.7. The van der Waals surface area contributed by atoms with Gasteiger partial charge in [-0.15, -0.1) is 0 Å². The molecule has 0 heterocycles. The molecule has 0 amide bonds. The summed E-state index contributed by atoms with van der Waals surface area (Å²) in [5.74, 6) is 6.18. The predicted molar refractivity (Wildman–Crippen MR) is 110 cm³/mol. The van der Waals surface area contributed by atoms with Crippen molar-refractivity contribution in [3.05, 3.63) is 94.5 Å². The second-order valence-corrected chi connectivity index (χ2v) is 8.27. The zero-order valence-corrected chi connectivity index (χ0v) is 16.4. The van der Waals surface area contributed by atoms with Crippen LogP contribution < -0.4 is 4.72 Å². The van der Waals surface area contributed by atoms with Gasteiger partial charge in [0.05, 0.1) is 10.6 Å². The van der Waals surface area contributed by atoms with Gasteiger partial charge >= 0.3 is 0 Å². The van der Waals surface area contributed by atoms with E-state index in [1.165, 1.54) is 5.56 Å². The first kappa shape index (κ1) is 18.8. The summed E-state index contributed by atoms with van der Waals surface area (Å²) in [6, 6.07) is 20.2. The average molecular weight is 375 g/mol. The van der Waals surface area contributed by atoms with Crippen LogP contribution in [0.1, 0.15) is 27.8 Å². The van der Waals surface area contributed by atoms with E-state index in [0.29, 0.717) is 11.3 Å². The summed E-state index contributed by atoms with van der Waals surface area (Å²) in [5.41, 5.74) is 5.13. The third-order valence-corrected chi connectivity index (χ3v) is 5.53. The SMILES string of the molecule is Cc1ccc(C#Cc2ccc(C)cc2NS(=O)(=O)c2ccc(C)cc2)cc1. The van der Waals surface area contributed by atoms with E-state index in [9.17, 15) is 8.42 Å². The molecule has 0 saturated heterocycles. The second kappa shape index (κ2) is 7.69. The van der Waals surface area contributed by atoms with Crippen LogP contribution in [0.15, 0.2) is 71.6 Å². The van der Waals surface area contributed by atoms with Crippen molar-refractivity contribution in [1.82, 2.24) is 0 Å². The van der Waals surface area contributed by atoms with Gasteiger partial charge in [-0.05, 0) is 62.7 Å². The fourth-order valence-corrected chi connectivity index (χ4v) is 3.62. The standard InChI is InChI=1S/C23H21NO2S/c1-17-4-9-20(10-5-17)11-13-21-12-6-19(3)16-23(21)24-27(25,26)22-14-7-18(2)8-15-22/h4-10,12,14-16,24H,1-3H3. The molecule has 0 spiro atoms. The van der Waals surface area contributed by atoms with Crippen molar-refractivity contribution in [3.8, 4) is 11.8 Å². The number of rotatable bonds is 3. The molecule has 0 unspecified atom stereocenters. The molecular weight excluding hydrogens is 354 g/mol. The summed E-state index contributed by atoms with van der Waals surface area (Å²) >= 11 is 0. The van der Waals surface area contributed by atoms with Gasteiger partial charge in [0.2, 0.25) is 0 Å². The molecule has 3 nitrogen and oxygen atoms in total. The van der Waals surface area contributed by atoms with Gasteiger partial charge in [-0.1, -0.05) is 53.3 Å². The molecule has 0 bridgehead atoms. The lowest BCUT2D eigenvalue weighted by atomic mass is 10.1. The first-order valence-corrected chi connectivity index (χ1v) is 10.1. The number of sulfonamides is 1. The lowest BCUT2D eigenvalue weighted by molar-refractivity contribution is 0.601. The van der Waals surface area contributed by atoms with E-state index >= 15 is 0 Å². The Labute approximate surface area is 161 Å². The van der Waals surface area contributed by atoms with Crippen LogP contribution in [0.2, 0.25) is 0 Å². The molecule has 0 aliphatic rings. The van der Waals surface area contributed by atoms with Crippen LogP contribution in [-0.2, 0) is 10.0 Å². The minimum Gasteiger partial charge on any atom is -0.278 e. The number of hydrogen-bond acceptors (Lipinski definition) is 2. The smallest absolute Gasteiger partial charge is 0.261 e. The van der Waals surface area contributed by atoms with Gasteiger partial charge < -0.3 is 0 Å². The Kier molecular flexibility index (Phi) is 5.34. The minimum absolute atomic E-state index is 0.229. The van der Waals surface area contributed by atoms with E-state index in [2.05, 4.69) is 16.6 Å². The van der Waals surface area contributed by atoms with Crippen LogP contribution in [0.4, 0.5) is 5.69 Å². The van der Waals surface area contributed by atoms with E-state index in [1.807, 2.05) is 57.2 Å². The van der Waals surface area contributed by atoms with Crippen molar-refractivity contribution < 1.29 is 8.42 Å². The molecule has 27 heavy (non-hydrogen) atoms. The highest BCUT2D eigenvalue weighted by Gasteiger charge is 2.15. The second-order valence-electron chi connectivity index (χ2n) is 6.58. The highest BCUT2D eigenvalue weighted by Crippen LogP contribution is 2.21. The van der Waals surface area contributed by atoms with E-state index < -0.39 is 10.0 Å².